The Hall–Kier alpha value is -1.70. The lowest BCUT2D eigenvalue weighted by Gasteiger charge is -2.10. The van der Waals surface area contributed by atoms with Crippen molar-refractivity contribution < 1.29 is 18.1 Å². The van der Waals surface area contributed by atoms with Gasteiger partial charge in [0.25, 0.3) is 5.69 Å². The number of hydrogen-bond acceptors (Lipinski definition) is 4. The van der Waals surface area contributed by atoms with E-state index in [0.717, 1.165) is 0 Å². The highest BCUT2D eigenvalue weighted by Gasteiger charge is 2.26. The molecule has 0 saturated carbocycles. The van der Waals surface area contributed by atoms with Gasteiger partial charge in [-0.2, -0.15) is 13.2 Å². The molecule has 8 heteroatoms. The first-order valence-corrected chi connectivity index (χ1v) is 5.59. The SMILES string of the molecule is Cc1cnc(CNCCC(F)(F)F)c(C)c1[N+](=O)[O-]. The molecule has 0 bridgehead atoms. The van der Waals surface area contributed by atoms with Crippen molar-refractivity contribution in [3.63, 3.8) is 0 Å². The van der Waals surface area contributed by atoms with E-state index in [1.54, 1.807) is 13.8 Å². The zero-order valence-electron chi connectivity index (χ0n) is 10.5. The molecule has 1 N–H and O–H groups in total. The van der Waals surface area contributed by atoms with Gasteiger partial charge in [-0.15, -0.1) is 0 Å². The number of pyridine rings is 1. The summed E-state index contributed by atoms with van der Waals surface area (Å²) in [5.74, 6) is 0. The van der Waals surface area contributed by atoms with E-state index in [2.05, 4.69) is 10.3 Å². The van der Waals surface area contributed by atoms with Gasteiger partial charge >= 0.3 is 6.18 Å². The monoisotopic (exact) mass is 277 g/mol. The Morgan fingerprint density at radius 3 is 2.58 bits per heavy atom. The molecule has 0 aliphatic heterocycles. The Kier molecular flexibility index (Phi) is 4.82. The number of alkyl halides is 3. The molecule has 0 amide bonds. The minimum atomic E-state index is -4.21. The predicted molar refractivity (Wildman–Crippen MR) is 62.7 cm³/mol. The highest BCUT2D eigenvalue weighted by molar-refractivity contribution is 5.47. The molecular weight excluding hydrogens is 263 g/mol. The van der Waals surface area contributed by atoms with Crippen LogP contribution < -0.4 is 5.32 Å². The van der Waals surface area contributed by atoms with Crippen LogP contribution in [0.1, 0.15) is 23.2 Å². The molecule has 0 aliphatic rings. The van der Waals surface area contributed by atoms with Crippen molar-refractivity contribution in [3.05, 3.63) is 33.1 Å². The van der Waals surface area contributed by atoms with Crippen LogP contribution in [0.3, 0.4) is 0 Å². The quantitative estimate of drug-likeness (QED) is 0.510. The molecule has 19 heavy (non-hydrogen) atoms. The first-order valence-electron chi connectivity index (χ1n) is 5.59. The van der Waals surface area contributed by atoms with Gasteiger partial charge in [0.05, 0.1) is 17.0 Å². The molecule has 0 atom stereocenters. The van der Waals surface area contributed by atoms with Gasteiger partial charge in [0.2, 0.25) is 0 Å². The molecule has 0 spiro atoms. The molecule has 0 fully saturated rings. The van der Waals surface area contributed by atoms with Crippen molar-refractivity contribution in [1.29, 1.82) is 0 Å². The zero-order chi connectivity index (χ0) is 14.6. The van der Waals surface area contributed by atoms with E-state index in [1.165, 1.54) is 6.20 Å². The van der Waals surface area contributed by atoms with Crippen molar-refractivity contribution in [2.24, 2.45) is 0 Å². The number of hydrogen-bond donors (Lipinski definition) is 1. The Labute approximate surface area is 108 Å². The molecule has 1 aromatic heterocycles. The lowest BCUT2D eigenvalue weighted by Crippen LogP contribution is -2.22. The van der Waals surface area contributed by atoms with Crippen molar-refractivity contribution in [2.45, 2.75) is 33.0 Å². The Morgan fingerprint density at radius 2 is 2.05 bits per heavy atom. The van der Waals surface area contributed by atoms with Crippen molar-refractivity contribution in [3.8, 4) is 0 Å². The van der Waals surface area contributed by atoms with Gasteiger partial charge in [0, 0.05) is 30.4 Å². The van der Waals surface area contributed by atoms with Crippen LogP contribution in [0, 0.1) is 24.0 Å². The highest BCUT2D eigenvalue weighted by atomic mass is 19.4. The van der Waals surface area contributed by atoms with Gasteiger partial charge in [-0.25, -0.2) is 0 Å². The number of nitrogens with one attached hydrogen (secondary N) is 1. The summed E-state index contributed by atoms with van der Waals surface area (Å²) in [6.45, 7) is 2.94. The topological polar surface area (TPSA) is 68.1 Å². The molecule has 0 radical (unpaired) electrons. The first-order chi connectivity index (χ1) is 8.72. The van der Waals surface area contributed by atoms with E-state index in [0.29, 0.717) is 16.8 Å². The Balaban J connectivity index is 2.70. The Bertz CT molecular complexity index is 475. The van der Waals surface area contributed by atoms with Gasteiger partial charge in [-0.1, -0.05) is 0 Å². The third-order valence-electron chi connectivity index (χ3n) is 2.64. The summed E-state index contributed by atoms with van der Waals surface area (Å²) in [7, 11) is 0. The largest absolute Gasteiger partial charge is 0.390 e. The third-order valence-corrected chi connectivity index (χ3v) is 2.64. The second-order valence-corrected chi connectivity index (χ2v) is 4.16. The van der Waals surface area contributed by atoms with Gasteiger partial charge < -0.3 is 5.32 Å². The van der Waals surface area contributed by atoms with Gasteiger partial charge in [0.1, 0.15) is 0 Å². The zero-order valence-corrected chi connectivity index (χ0v) is 10.5. The van der Waals surface area contributed by atoms with Gasteiger partial charge in [0.15, 0.2) is 0 Å². The number of nitro groups is 1. The smallest absolute Gasteiger partial charge is 0.311 e. The standard InChI is InChI=1S/C11H14F3N3O2/c1-7-5-16-9(8(2)10(7)17(18)19)6-15-4-3-11(12,13)14/h5,15H,3-4,6H2,1-2H3. The summed E-state index contributed by atoms with van der Waals surface area (Å²) < 4.78 is 35.8. The summed E-state index contributed by atoms with van der Waals surface area (Å²) in [6, 6.07) is 0. The van der Waals surface area contributed by atoms with Crippen LogP contribution in [-0.4, -0.2) is 22.6 Å². The van der Waals surface area contributed by atoms with Crippen LogP contribution in [0.2, 0.25) is 0 Å². The van der Waals surface area contributed by atoms with Crippen molar-refractivity contribution in [2.75, 3.05) is 6.54 Å². The van der Waals surface area contributed by atoms with Crippen LogP contribution in [0.5, 0.6) is 0 Å². The summed E-state index contributed by atoms with van der Waals surface area (Å²) in [5.41, 5.74) is 1.16. The van der Waals surface area contributed by atoms with E-state index >= 15 is 0 Å². The minimum Gasteiger partial charge on any atom is -0.311 e. The molecular formula is C11H14F3N3O2. The minimum absolute atomic E-state index is 0.0392. The molecule has 1 rings (SSSR count). The van der Waals surface area contributed by atoms with E-state index in [1.807, 2.05) is 0 Å². The number of halogens is 3. The molecule has 5 nitrogen and oxygen atoms in total. The number of rotatable bonds is 5. The van der Waals surface area contributed by atoms with E-state index in [-0.39, 0.29) is 18.8 Å². The van der Waals surface area contributed by atoms with Crippen molar-refractivity contribution >= 4 is 5.69 Å². The maximum Gasteiger partial charge on any atom is 0.390 e. The fraction of sp³-hybridized carbons (Fsp3) is 0.545. The van der Waals surface area contributed by atoms with Gasteiger partial charge in [-0.3, -0.25) is 15.1 Å². The number of nitrogens with zero attached hydrogens (tertiary/aromatic N) is 2. The Morgan fingerprint density at radius 1 is 1.42 bits per heavy atom. The van der Waals surface area contributed by atoms with Crippen LogP contribution in [0.15, 0.2) is 6.20 Å². The van der Waals surface area contributed by atoms with E-state index in [9.17, 15) is 23.3 Å². The molecule has 0 aliphatic carbocycles. The third kappa shape index (κ3) is 4.47. The lowest BCUT2D eigenvalue weighted by atomic mass is 10.1. The molecule has 0 saturated heterocycles. The maximum absolute atomic E-state index is 11.9. The first kappa shape index (κ1) is 15.4. The molecule has 1 aromatic rings. The van der Waals surface area contributed by atoms with Crippen LogP contribution in [0.25, 0.3) is 0 Å². The van der Waals surface area contributed by atoms with Gasteiger partial charge in [-0.05, 0) is 13.8 Å². The second-order valence-electron chi connectivity index (χ2n) is 4.16. The van der Waals surface area contributed by atoms with E-state index < -0.39 is 17.5 Å². The average molecular weight is 277 g/mol. The maximum atomic E-state index is 11.9. The summed E-state index contributed by atoms with van der Waals surface area (Å²) in [4.78, 5) is 14.4. The fourth-order valence-electron chi connectivity index (χ4n) is 1.66. The number of aromatic nitrogens is 1. The lowest BCUT2D eigenvalue weighted by molar-refractivity contribution is -0.386. The van der Waals surface area contributed by atoms with E-state index in [4.69, 9.17) is 0 Å². The second kappa shape index (κ2) is 5.96. The van der Waals surface area contributed by atoms with Crippen molar-refractivity contribution in [1.82, 2.24) is 10.3 Å². The normalized spacial score (nSPS) is 11.6. The summed E-state index contributed by atoms with van der Waals surface area (Å²) >= 11 is 0. The molecule has 1 heterocycles. The fourth-order valence-corrected chi connectivity index (χ4v) is 1.66. The van der Waals surface area contributed by atoms with Crippen LogP contribution in [-0.2, 0) is 6.54 Å². The highest BCUT2D eigenvalue weighted by Crippen LogP contribution is 2.24. The molecule has 106 valence electrons. The van der Waals surface area contributed by atoms with Crippen LogP contribution >= 0.6 is 0 Å². The average Bonchev–Trinajstić information content (AvgIpc) is 2.25. The summed E-state index contributed by atoms with van der Waals surface area (Å²) in [6.07, 6.45) is -3.80. The molecule has 0 unspecified atom stereocenters. The van der Waals surface area contributed by atoms with Crippen LogP contribution in [0.4, 0.5) is 18.9 Å². The molecule has 0 aromatic carbocycles. The number of aryl methyl sites for hydroxylation is 1. The summed E-state index contributed by atoms with van der Waals surface area (Å²) in [5, 5.41) is 13.4. The predicted octanol–water partition coefficient (Wildman–Crippen LogP) is 2.65.